The number of fused-ring (bicyclic) bond motifs is 1. The van der Waals surface area contributed by atoms with Gasteiger partial charge in [-0.05, 0) is 30.5 Å². The summed E-state index contributed by atoms with van der Waals surface area (Å²) in [4.78, 5) is 24.8. The van der Waals surface area contributed by atoms with E-state index in [4.69, 9.17) is 10.2 Å². The summed E-state index contributed by atoms with van der Waals surface area (Å²) >= 11 is 0. The molecule has 1 heterocycles. The molecule has 6 heteroatoms. The van der Waals surface area contributed by atoms with E-state index < -0.39 is 23.2 Å². The number of H-pyrrole nitrogens is 1. The number of aliphatic carboxylic acids is 1. The quantitative estimate of drug-likeness (QED) is 0.750. The van der Waals surface area contributed by atoms with Crippen molar-refractivity contribution in [3.63, 3.8) is 0 Å². The molecule has 2 aromatic rings. The number of carboxylic acids is 1. The molecule has 3 rings (SSSR count). The maximum absolute atomic E-state index is 11.2. The van der Waals surface area contributed by atoms with Crippen LogP contribution < -0.4 is 11.5 Å². The number of oxazole rings is 1. The summed E-state index contributed by atoms with van der Waals surface area (Å²) in [5.74, 6) is -1.40. The number of benzene rings is 1. The first-order chi connectivity index (χ1) is 8.53. The van der Waals surface area contributed by atoms with E-state index >= 15 is 0 Å². The molecule has 0 spiro atoms. The Labute approximate surface area is 101 Å². The number of carbonyl (C=O) groups is 1. The van der Waals surface area contributed by atoms with Crippen molar-refractivity contribution >= 4 is 17.1 Å². The molecule has 1 aromatic heterocycles. The molecule has 1 aliphatic carbocycles. The second kappa shape index (κ2) is 3.46. The highest BCUT2D eigenvalue weighted by Crippen LogP contribution is 2.54. The summed E-state index contributed by atoms with van der Waals surface area (Å²) in [5, 5.41) is 9.20. The number of rotatable bonds is 3. The predicted octanol–water partition coefficient (Wildman–Crippen LogP) is 0.986. The number of aromatic nitrogens is 1. The van der Waals surface area contributed by atoms with E-state index in [0.29, 0.717) is 29.5 Å². The molecule has 1 saturated carbocycles. The summed E-state index contributed by atoms with van der Waals surface area (Å²) in [6, 6.07) is 4.43. The van der Waals surface area contributed by atoms with Crippen LogP contribution in [0.1, 0.15) is 24.4 Å². The molecule has 1 unspecified atom stereocenters. The highest BCUT2D eigenvalue weighted by molar-refractivity contribution is 5.80. The van der Waals surface area contributed by atoms with Gasteiger partial charge in [-0.15, -0.1) is 0 Å². The van der Waals surface area contributed by atoms with Crippen molar-refractivity contribution < 1.29 is 14.3 Å². The van der Waals surface area contributed by atoms with Crippen molar-refractivity contribution in [1.82, 2.24) is 4.98 Å². The lowest BCUT2D eigenvalue weighted by atomic mass is 9.91. The van der Waals surface area contributed by atoms with Crippen LogP contribution in [-0.4, -0.2) is 16.1 Å². The van der Waals surface area contributed by atoms with Gasteiger partial charge in [-0.3, -0.25) is 9.78 Å². The molecule has 0 bridgehead atoms. The minimum absolute atomic E-state index is 0.441. The van der Waals surface area contributed by atoms with Crippen molar-refractivity contribution in [3.8, 4) is 0 Å². The van der Waals surface area contributed by atoms with Crippen LogP contribution in [0.4, 0.5) is 0 Å². The van der Waals surface area contributed by atoms with Gasteiger partial charge in [0.1, 0.15) is 0 Å². The topological polar surface area (TPSA) is 109 Å². The first-order valence-electron chi connectivity index (χ1n) is 5.65. The second-order valence-corrected chi connectivity index (χ2v) is 4.71. The van der Waals surface area contributed by atoms with Gasteiger partial charge in [0.2, 0.25) is 0 Å². The predicted molar refractivity (Wildman–Crippen MR) is 63.1 cm³/mol. The molecule has 94 valence electrons. The van der Waals surface area contributed by atoms with Crippen molar-refractivity contribution in [2.75, 3.05) is 0 Å². The summed E-state index contributed by atoms with van der Waals surface area (Å²) in [6.45, 7) is 0. The van der Waals surface area contributed by atoms with Crippen molar-refractivity contribution in [2.45, 2.75) is 18.9 Å². The van der Waals surface area contributed by atoms with Crippen LogP contribution >= 0.6 is 0 Å². The normalized spacial score (nSPS) is 18.7. The third-order valence-corrected chi connectivity index (χ3v) is 3.61. The molecule has 1 aromatic carbocycles. The molecule has 1 atom stereocenters. The number of hydrogen-bond acceptors (Lipinski definition) is 4. The second-order valence-electron chi connectivity index (χ2n) is 4.71. The summed E-state index contributed by atoms with van der Waals surface area (Å²) in [6.07, 6.45) is 1.17. The Kier molecular flexibility index (Phi) is 2.12. The average molecular weight is 248 g/mol. The Bertz CT molecular complexity index is 681. The minimum atomic E-state index is -0.865. The van der Waals surface area contributed by atoms with Gasteiger partial charge in [-0.2, -0.15) is 0 Å². The molecule has 0 saturated heterocycles. The maximum Gasteiger partial charge on any atom is 0.417 e. The number of hydrogen-bond donors (Lipinski definition) is 3. The standard InChI is InChI=1S/C12H12N2O4/c13-9(12(3-4-12)10(15)16)6-1-2-8-7(5-6)14-11(17)18-8/h1-2,5,9H,3-4,13H2,(H,14,17)(H,15,16). The fourth-order valence-corrected chi connectivity index (χ4v) is 2.27. The molecule has 6 nitrogen and oxygen atoms in total. The number of carboxylic acid groups (broad SMARTS) is 1. The summed E-state index contributed by atoms with van der Waals surface area (Å²) in [7, 11) is 0. The van der Waals surface area contributed by atoms with Crippen LogP contribution in [0, 0.1) is 5.41 Å². The maximum atomic E-state index is 11.2. The van der Waals surface area contributed by atoms with E-state index in [-0.39, 0.29) is 0 Å². The molecule has 1 aliphatic rings. The molecule has 0 radical (unpaired) electrons. The first kappa shape index (κ1) is 11.0. The van der Waals surface area contributed by atoms with E-state index in [0.717, 1.165) is 0 Å². The molecule has 18 heavy (non-hydrogen) atoms. The van der Waals surface area contributed by atoms with E-state index in [1.807, 2.05) is 0 Å². The van der Waals surface area contributed by atoms with Gasteiger partial charge in [-0.25, -0.2) is 4.79 Å². The number of nitrogens with two attached hydrogens (primary N) is 1. The van der Waals surface area contributed by atoms with Crippen LogP contribution in [0.5, 0.6) is 0 Å². The zero-order chi connectivity index (χ0) is 12.9. The van der Waals surface area contributed by atoms with Gasteiger partial charge < -0.3 is 15.3 Å². The first-order valence-corrected chi connectivity index (χ1v) is 5.65. The van der Waals surface area contributed by atoms with E-state index in [1.165, 1.54) is 0 Å². The Morgan fingerprint density at radius 3 is 2.83 bits per heavy atom. The third-order valence-electron chi connectivity index (χ3n) is 3.61. The van der Waals surface area contributed by atoms with Crippen LogP contribution in [-0.2, 0) is 4.79 Å². The minimum Gasteiger partial charge on any atom is -0.481 e. The lowest BCUT2D eigenvalue weighted by Gasteiger charge is -2.19. The Morgan fingerprint density at radius 1 is 1.50 bits per heavy atom. The fraction of sp³-hybridized carbons (Fsp3) is 0.333. The average Bonchev–Trinajstić information content (AvgIpc) is 3.05. The van der Waals surface area contributed by atoms with Gasteiger partial charge in [0.15, 0.2) is 5.58 Å². The monoisotopic (exact) mass is 248 g/mol. The zero-order valence-electron chi connectivity index (χ0n) is 9.47. The van der Waals surface area contributed by atoms with Crippen LogP contribution in [0.25, 0.3) is 11.1 Å². The Morgan fingerprint density at radius 2 is 2.22 bits per heavy atom. The highest BCUT2D eigenvalue weighted by atomic mass is 16.4. The van der Waals surface area contributed by atoms with Crippen LogP contribution in [0.15, 0.2) is 27.4 Å². The van der Waals surface area contributed by atoms with E-state index in [2.05, 4.69) is 4.98 Å². The lowest BCUT2D eigenvalue weighted by Crippen LogP contribution is -2.29. The lowest BCUT2D eigenvalue weighted by molar-refractivity contribution is -0.144. The fourth-order valence-electron chi connectivity index (χ4n) is 2.27. The van der Waals surface area contributed by atoms with Crippen molar-refractivity contribution in [2.24, 2.45) is 11.1 Å². The SMILES string of the molecule is NC(c1ccc2oc(=O)[nH]c2c1)C1(C(=O)O)CC1. The smallest absolute Gasteiger partial charge is 0.417 e. The van der Waals surface area contributed by atoms with Crippen molar-refractivity contribution in [3.05, 3.63) is 34.3 Å². The summed E-state index contributed by atoms with van der Waals surface area (Å²) in [5.41, 5.74) is 6.85. The van der Waals surface area contributed by atoms with Gasteiger partial charge in [0.05, 0.1) is 10.9 Å². The molecular formula is C12H12N2O4. The van der Waals surface area contributed by atoms with Crippen molar-refractivity contribution in [1.29, 1.82) is 0 Å². The molecular weight excluding hydrogens is 236 g/mol. The third kappa shape index (κ3) is 1.46. The zero-order valence-corrected chi connectivity index (χ0v) is 9.47. The van der Waals surface area contributed by atoms with Gasteiger partial charge >= 0.3 is 11.7 Å². The summed E-state index contributed by atoms with van der Waals surface area (Å²) < 4.78 is 4.88. The van der Waals surface area contributed by atoms with Gasteiger partial charge in [-0.1, -0.05) is 6.07 Å². The molecule has 0 aliphatic heterocycles. The number of nitrogens with one attached hydrogen (secondary N) is 1. The molecule has 1 fully saturated rings. The van der Waals surface area contributed by atoms with Gasteiger partial charge in [0, 0.05) is 6.04 Å². The number of aromatic amines is 1. The van der Waals surface area contributed by atoms with Gasteiger partial charge in [0.25, 0.3) is 0 Å². The van der Waals surface area contributed by atoms with E-state index in [1.54, 1.807) is 18.2 Å². The molecule has 0 amide bonds. The highest BCUT2D eigenvalue weighted by Gasteiger charge is 2.55. The Hall–Kier alpha value is -2.08. The van der Waals surface area contributed by atoms with E-state index in [9.17, 15) is 14.7 Å². The Balaban J connectivity index is 2.04. The van der Waals surface area contributed by atoms with Crippen LogP contribution in [0.3, 0.4) is 0 Å². The molecule has 4 N–H and O–H groups in total. The largest absolute Gasteiger partial charge is 0.481 e. The van der Waals surface area contributed by atoms with Crippen LogP contribution in [0.2, 0.25) is 0 Å².